The van der Waals surface area contributed by atoms with Crippen molar-refractivity contribution < 1.29 is 9.13 Å². The van der Waals surface area contributed by atoms with Crippen molar-refractivity contribution in [2.24, 2.45) is 0 Å². The average Bonchev–Trinajstić information content (AvgIpc) is 2.33. The number of hydrogen-bond acceptors (Lipinski definition) is 2. The third-order valence-electron chi connectivity index (χ3n) is 3.11. The fourth-order valence-corrected chi connectivity index (χ4v) is 2.25. The molecule has 0 amide bonds. The van der Waals surface area contributed by atoms with E-state index in [2.05, 4.69) is 19.2 Å². The van der Waals surface area contributed by atoms with Crippen LogP contribution in [-0.2, 0) is 4.74 Å². The van der Waals surface area contributed by atoms with E-state index in [1.165, 1.54) is 0 Å². The van der Waals surface area contributed by atoms with E-state index in [-0.39, 0.29) is 18.0 Å². The molecular weight excluding hydrogens is 229 g/mol. The third-order valence-corrected chi connectivity index (χ3v) is 3.11. The zero-order valence-corrected chi connectivity index (χ0v) is 11.8. The molecule has 1 aromatic rings. The summed E-state index contributed by atoms with van der Waals surface area (Å²) in [6.45, 7) is 7.02. The van der Waals surface area contributed by atoms with E-state index in [0.717, 1.165) is 30.5 Å². The SMILES string of the molecule is CCCNC(c1cc(C)cc(F)c1)C(CC)OC. The van der Waals surface area contributed by atoms with Gasteiger partial charge in [0.1, 0.15) is 5.82 Å². The van der Waals surface area contributed by atoms with Gasteiger partial charge < -0.3 is 10.1 Å². The van der Waals surface area contributed by atoms with Crippen molar-refractivity contribution in [3.8, 4) is 0 Å². The molecule has 0 bridgehead atoms. The predicted molar refractivity (Wildman–Crippen MR) is 73.3 cm³/mol. The molecule has 102 valence electrons. The maximum atomic E-state index is 13.5. The van der Waals surface area contributed by atoms with Gasteiger partial charge in [-0.15, -0.1) is 0 Å². The van der Waals surface area contributed by atoms with Crippen LogP contribution in [0.15, 0.2) is 18.2 Å². The van der Waals surface area contributed by atoms with E-state index in [1.807, 2.05) is 13.0 Å². The Labute approximate surface area is 110 Å². The molecule has 0 saturated heterocycles. The topological polar surface area (TPSA) is 21.3 Å². The number of benzene rings is 1. The number of rotatable bonds is 7. The van der Waals surface area contributed by atoms with Gasteiger partial charge in [0.15, 0.2) is 0 Å². The van der Waals surface area contributed by atoms with Gasteiger partial charge in [-0.25, -0.2) is 4.39 Å². The molecule has 0 aliphatic heterocycles. The highest BCUT2D eigenvalue weighted by Gasteiger charge is 2.21. The van der Waals surface area contributed by atoms with Gasteiger partial charge in [-0.05, 0) is 49.6 Å². The molecule has 1 rings (SSSR count). The number of hydrogen-bond donors (Lipinski definition) is 1. The molecule has 0 heterocycles. The fourth-order valence-electron chi connectivity index (χ4n) is 2.25. The average molecular weight is 253 g/mol. The summed E-state index contributed by atoms with van der Waals surface area (Å²) < 4.78 is 19.0. The lowest BCUT2D eigenvalue weighted by atomic mass is 9.97. The van der Waals surface area contributed by atoms with E-state index in [9.17, 15) is 4.39 Å². The first-order chi connectivity index (χ1) is 8.62. The molecule has 2 nitrogen and oxygen atoms in total. The monoisotopic (exact) mass is 253 g/mol. The number of nitrogens with one attached hydrogen (secondary N) is 1. The Balaban J connectivity index is 2.99. The summed E-state index contributed by atoms with van der Waals surface area (Å²) in [5, 5.41) is 3.45. The van der Waals surface area contributed by atoms with Gasteiger partial charge in [0.05, 0.1) is 12.1 Å². The molecule has 0 aromatic heterocycles. The minimum atomic E-state index is -0.181. The van der Waals surface area contributed by atoms with Gasteiger partial charge in [-0.2, -0.15) is 0 Å². The minimum absolute atomic E-state index is 0.0503. The van der Waals surface area contributed by atoms with Crippen LogP contribution in [0.1, 0.15) is 43.9 Å². The van der Waals surface area contributed by atoms with Crippen molar-refractivity contribution in [1.29, 1.82) is 0 Å². The van der Waals surface area contributed by atoms with Gasteiger partial charge in [-0.1, -0.05) is 19.9 Å². The summed E-state index contributed by atoms with van der Waals surface area (Å²) in [4.78, 5) is 0. The quantitative estimate of drug-likeness (QED) is 0.801. The smallest absolute Gasteiger partial charge is 0.123 e. The van der Waals surface area contributed by atoms with Gasteiger partial charge >= 0.3 is 0 Å². The van der Waals surface area contributed by atoms with Crippen molar-refractivity contribution in [3.63, 3.8) is 0 Å². The molecule has 2 atom stereocenters. The molecule has 0 aliphatic carbocycles. The van der Waals surface area contributed by atoms with Crippen molar-refractivity contribution in [1.82, 2.24) is 5.32 Å². The van der Waals surface area contributed by atoms with Crippen LogP contribution in [-0.4, -0.2) is 19.8 Å². The predicted octanol–water partition coefficient (Wildman–Crippen LogP) is 3.60. The third kappa shape index (κ3) is 4.07. The lowest BCUT2D eigenvalue weighted by Crippen LogP contribution is -2.33. The first kappa shape index (κ1) is 15.1. The number of halogens is 1. The second-order valence-electron chi connectivity index (χ2n) is 4.68. The second kappa shape index (κ2) is 7.49. The molecule has 3 heteroatoms. The summed E-state index contributed by atoms with van der Waals surface area (Å²) >= 11 is 0. The van der Waals surface area contributed by atoms with E-state index in [0.29, 0.717) is 0 Å². The maximum absolute atomic E-state index is 13.5. The summed E-state index contributed by atoms with van der Waals surface area (Å²) in [5.74, 6) is -0.181. The van der Waals surface area contributed by atoms with Crippen molar-refractivity contribution >= 4 is 0 Å². The molecule has 0 radical (unpaired) electrons. The van der Waals surface area contributed by atoms with Crippen LogP contribution in [0, 0.1) is 12.7 Å². The van der Waals surface area contributed by atoms with Crippen LogP contribution < -0.4 is 5.32 Å². The van der Waals surface area contributed by atoms with Gasteiger partial charge in [0, 0.05) is 7.11 Å². The van der Waals surface area contributed by atoms with E-state index in [1.54, 1.807) is 19.2 Å². The van der Waals surface area contributed by atoms with Crippen LogP contribution in [0.25, 0.3) is 0 Å². The highest BCUT2D eigenvalue weighted by atomic mass is 19.1. The lowest BCUT2D eigenvalue weighted by Gasteiger charge is -2.27. The molecular formula is C15H24FNO. The Kier molecular flexibility index (Phi) is 6.30. The Morgan fingerprint density at radius 3 is 2.50 bits per heavy atom. The zero-order chi connectivity index (χ0) is 13.5. The van der Waals surface area contributed by atoms with Gasteiger partial charge in [0.25, 0.3) is 0 Å². The minimum Gasteiger partial charge on any atom is -0.379 e. The first-order valence-corrected chi connectivity index (χ1v) is 6.65. The maximum Gasteiger partial charge on any atom is 0.123 e. The Hall–Kier alpha value is -0.930. The summed E-state index contributed by atoms with van der Waals surface area (Å²) in [6.07, 6.45) is 2.01. The number of ether oxygens (including phenoxy) is 1. The van der Waals surface area contributed by atoms with Crippen molar-refractivity contribution in [2.75, 3.05) is 13.7 Å². The van der Waals surface area contributed by atoms with Crippen LogP contribution in [0.2, 0.25) is 0 Å². The van der Waals surface area contributed by atoms with Crippen LogP contribution >= 0.6 is 0 Å². The normalized spacial score (nSPS) is 14.5. The number of methoxy groups -OCH3 is 1. The summed E-state index contributed by atoms with van der Waals surface area (Å²) in [7, 11) is 1.71. The molecule has 0 saturated carbocycles. The lowest BCUT2D eigenvalue weighted by molar-refractivity contribution is 0.0650. The summed E-state index contributed by atoms with van der Waals surface area (Å²) in [5.41, 5.74) is 1.91. The molecule has 1 aromatic carbocycles. The van der Waals surface area contributed by atoms with Crippen molar-refractivity contribution in [2.45, 2.75) is 45.8 Å². The Morgan fingerprint density at radius 1 is 1.28 bits per heavy atom. The van der Waals surface area contributed by atoms with Gasteiger partial charge in [-0.3, -0.25) is 0 Å². The van der Waals surface area contributed by atoms with Crippen LogP contribution in [0.5, 0.6) is 0 Å². The van der Waals surface area contributed by atoms with Crippen LogP contribution in [0.3, 0.4) is 0 Å². The Morgan fingerprint density at radius 2 is 2.00 bits per heavy atom. The number of aryl methyl sites for hydroxylation is 1. The molecule has 18 heavy (non-hydrogen) atoms. The zero-order valence-electron chi connectivity index (χ0n) is 11.8. The van der Waals surface area contributed by atoms with E-state index in [4.69, 9.17) is 4.74 Å². The van der Waals surface area contributed by atoms with Crippen molar-refractivity contribution in [3.05, 3.63) is 35.1 Å². The van der Waals surface area contributed by atoms with E-state index >= 15 is 0 Å². The summed E-state index contributed by atoms with van der Waals surface area (Å²) in [6, 6.07) is 5.23. The fraction of sp³-hybridized carbons (Fsp3) is 0.600. The second-order valence-corrected chi connectivity index (χ2v) is 4.68. The standard InChI is InChI=1S/C15H24FNO/c1-5-7-17-15(14(6-2)18-4)12-8-11(3)9-13(16)10-12/h8-10,14-15,17H,5-7H2,1-4H3. The van der Waals surface area contributed by atoms with E-state index < -0.39 is 0 Å². The highest BCUT2D eigenvalue weighted by Crippen LogP contribution is 2.23. The molecule has 0 aliphatic rings. The molecule has 2 unspecified atom stereocenters. The molecule has 0 fully saturated rings. The molecule has 1 N–H and O–H groups in total. The molecule has 0 spiro atoms. The Bertz CT molecular complexity index is 343. The van der Waals surface area contributed by atoms with Gasteiger partial charge in [0.2, 0.25) is 0 Å². The highest BCUT2D eigenvalue weighted by molar-refractivity contribution is 5.27. The van der Waals surface area contributed by atoms with Crippen LogP contribution in [0.4, 0.5) is 4.39 Å². The first-order valence-electron chi connectivity index (χ1n) is 6.65. The largest absolute Gasteiger partial charge is 0.379 e.